The molecule has 10 heavy (non-hydrogen) atoms. The molecule has 0 aliphatic heterocycles. The average molecular weight is 140 g/mol. The minimum absolute atomic E-state index is 0.00694. The van der Waals surface area contributed by atoms with Crippen LogP contribution >= 0.6 is 0 Å². The first-order valence-electron chi connectivity index (χ1n) is 2.47. The molecule has 1 heterocycles. The molecule has 52 valence electrons. The third-order valence-electron chi connectivity index (χ3n) is 0.757. The van der Waals surface area contributed by atoms with E-state index in [1.165, 1.54) is 12.4 Å². The van der Waals surface area contributed by atoms with Crippen molar-refractivity contribution in [2.45, 2.75) is 0 Å². The molecule has 0 bridgehead atoms. The van der Waals surface area contributed by atoms with E-state index in [1.54, 1.807) is 11.5 Å². The van der Waals surface area contributed by atoms with E-state index in [2.05, 4.69) is 9.97 Å². The molecule has 1 rings (SSSR count). The SMILES string of the molecule is O=[N+]([O-])Nc1ncccn1. The summed E-state index contributed by atoms with van der Waals surface area (Å²) in [5.41, 5.74) is 1.80. The van der Waals surface area contributed by atoms with Gasteiger partial charge in [-0.2, -0.15) is 0 Å². The molecule has 6 heteroatoms. The zero-order valence-corrected chi connectivity index (χ0v) is 4.89. The Hall–Kier alpha value is -1.72. The Kier molecular flexibility index (Phi) is 1.74. The van der Waals surface area contributed by atoms with E-state index >= 15 is 0 Å². The summed E-state index contributed by atoms with van der Waals surface area (Å²) in [5, 5.41) is 9.07. The van der Waals surface area contributed by atoms with Gasteiger partial charge in [-0.25, -0.2) is 20.1 Å². The Morgan fingerprint density at radius 3 is 2.60 bits per heavy atom. The monoisotopic (exact) mass is 140 g/mol. The Morgan fingerprint density at radius 1 is 1.50 bits per heavy atom. The first-order chi connectivity index (χ1) is 4.79. The Balaban J connectivity index is 2.67. The van der Waals surface area contributed by atoms with Crippen LogP contribution < -0.4 is 5.43 Å². The smallest absolute Gasteiger partial charge is 0.234 e. The fourth-order valence-electron chi connectivity index (χ4n) is 0.438. The highest BCUT2D eigenvalue weighted by Crippen LogP contribution is 1.91. The van der Waals surface area contributed by atoms with Gasteiger partial charge in [0, 0.05) is 12.4 Å². The minimum atomic E-state index is -0.713. The molecular weight excluding hydrogens is 136 g/mol. The molecular formula is C4H4N4O2. The van der Waals surface area contributed by atoms with Crippen LogP contribution in [0.4, 0.5) is 5.95 Å². The molecule has 1 aromatic heterocycles. The van der Waals surface area contributed by atoms with E-state index in [9.17, 15) is 10.1 Å². The van der Waals surface area contributed by atoms with Crippen molar-refractivity contribution >= 4 is 5.95 Å². The van der Waals surface area contributed by atoms with Crippen LogP contribution in [0.25, 0.3) is 0 Å². The molecule has 0 aliphatic carbocycles. The van der Waals surface area contributed by atoms with E-state index < -0.39 is 5.03 Å². The molecule has 0 atom stereocenters. The predicted molar refractivity (Wildman–Crippen MR) is 32.6 cm³/mol. The summed E-state index contributed by atoms with van der Waals surface area (Å²) in [5.74, 6) is -0.00694. The van der Waals surface area contributed by atoms with Gasteiger partial charge in [-0.15, -0.1) is 0 Å². The van der Waals surface area contributed by atoms with Gasteiger partial charge in [-0.3, -0.25) is 0 Å². The second-order valence-electron chi connectivity index (χ2n) is 1.44. The van der Waals surface area contributed by atoms with Crippen molar-refractivity contribution in [3.8, 4) is 0 Å². The zero-order chi connectivity index (χ0) is 7.40. The van der Waals surface area contributed by atoms with E-state index in [0.717, 1.165) is 0 Å². The highest BCUT2D eigenvalue weighted by molar-refractivity contribution is 5.16. The summed E-state index contributed by atoms with van der Waals surface area (Å²) in [7, 11) is 0. The van der Waals surface area contributed by atoms with Crippen LogP contribution in [-0.2, 0) is 0 Å². The molecule has 0 aromatic carbocycles. The lowest BCUT2D eigenvalue weighted by atomic mass is 10.7. The Labute approximate surface area is 56.0 Å². The third kappa shape index (κ3) is 1.66. The highest BCUT2D eigenvalue weighted by atomic mass is 16.7. The van der Waals surface area contributed by atoms with Crippen LogP contribution in [0.3, 0.4) is 0 Å². The average Bonchev–Trinajstić information content (AvgIpc) is 1.88. The van der Waals surface area contributed by atoms with Crippen molar-refractivity contribution in [3.63, 3.8) is 0 Å². The topological polar surface area (TPSA) is 81.0 Å². The fraction of sp³-hybridized carbons (Fsp3) is 0. The standard InChI is InChI=1S/C4H4N4O2/c9-8(10)7-4-5-2-1-3-6-4/h1-3H,(H,5,6,7). The first-order valence-corrected chi connectivity index (χ1v) is 2.47. The predicted octanol–water partition coefficient (Wildman–Crippen LogP) is 0.0802. The van der Waals surface area contributed by atoms with Crippen molar-refractivity contribution < 1.29 is 5.03 Å². The minimum Gasteiger partial charge on any atom is -0.234 e. The number of hydrazine groups is 1. The normalized spacial score (nSPS) is 8.80. The van der Waals surface area contributed by atoms with E-state index in [-0.39, 0.29) is 5.95 Å². The van der Waals surface area contributed by atoms with Gasteiger partial charge in [0.1, 0.15) is 0 Å². The summed E-state index contributed by atoms with van der Waals surface area (Å²) in [6.07, 6.45) is 2.83. The van der Waals surface area contributed by atoms with Gasteiger partial charge in [0.25, 0.3) is 5.95 Å². The number of anilines is 1. The number of rotatable bonds is 2. The molecule has 0 saturated heterocycles. The van der Waals surface area contributed by atoms with Crippen LogP contribution in [0, 0.1) is 10.1 Å². The quantitative estimate of drug-likeness (QED) is 0.464. The van der Waals surface area contributed by atoms with Gasteiger partial charge in [0.05, 0.1) is 0 Å². The molecule has 0 aliphatic rings. The van der Waals surface area contributed by atoms with Crippen LogP contribution in [0.15, 0.2) is 18.5 Å². The molecule has 1 aromatic rings. The number of nitrogens with one attached hydrogen (secondary N) is 1. The molecule has 0 amide bonds. The van der Waals surface area contributed by atoms with Gasteiger partial charge >= 0.3 is 0 Å². The zero-order valence-electron chi connectivity index (χ0n) is 4.89. The molecule has 0 fully saturated rings. The van der Waals surface area contributed by atoms with E-state index in [4.69, 9.17) is 0 Å². The Morgan fingerprint density at radius 2 is 2.10 bits per heavy atom. The lowest BCUT2D eigenvalue weighted by molar-refractivity contribution is -0.446. The van der Waals surface area contributed by atoms with Crippen molar-refractivity contribution in [1.82, 2.24) is 9.97 Å². The van der Waals surface area contributed by atoms with Gasteiger partial charge < -0.3 is 0 Å². The number of nitrogens with zero attached hydrogens (tertiary/aromatic N) is 3. The van der Waals surface area contributed by atoms with Gasteiger partial charge in [0.2, 0.25) is 0 Å². The molecule has 1 N–H and O–H groups in total. The second kappa shape index (κ2) is 2.72. The number of hydrogen-bond donors (Lipinski definition) is 1. The number of nitro groups is 1. The van der Waals surface area contributed by atoms with Crippen LogP contribution in [0.5, 0.6) is 0 Å². The summed E-state index contributed by atoms with van der Waals surface area (Å²) in [6, 6.07) is 1.57. The van der Waals surface area contributed by atoms with Gasteiger partial charge in [-0.1, -0.05) is 5.43 Å². The molecule has 0 unspecified atom stereocenters. The maximum Gasteiger partial charge on any atom is 0.284 e. The van der Waals surface area contributed by atoms with Crippen LogP contribution in [0.2, 0.25) is 0 Å². The maximum absolute atomic E-state index is 9.78. The van der Waals surface area contributed by atoms with Crippen molar-refractivity contribution in [1.29, 1.82) is 0 Å². The van der Waals surface area contributed by atoms with Gasteiger partial charge in [0.15, 0.2) is 5.03 Å². The third-order valence-corrected chi connectivity index (χ3v) is 0.757. The maximum atomic E-state index is 9.78. The van der Waals surface area contributed by atoms with Crippen LogP contribution in [0.1, 0.15) is 0 Å². The Bertz CT molecular complexity index is 224. The second-order valence-corrected chi connectivity index (χ2v) is 1.44. The molecule has 0 saturated carbocycles. The molecule has 0 spiro atoms. The number of hydrogen-bond acceptors (Lipinski definition) is 4. The lowest BCUT2D eigenvalue weighted by Gasteiger charge is -1.90. The molecule has 6 nitrogen and oxygen atoms in total. The highest BCUT2D eigenvalue weighted by Gasteiger charge is 1.97. The fourth-order valence-corrected chi connectivity index (χ4v) is 0.438. The summed E-state index contributed by atoms with van der Waals surface area (Å²) < 4.78 is 0. The number of aromatic nitrogens is 2. The first kappa shape index (κ1) is 6.40. The molecule has 0 radical (unpaired) electrons. The van der Waals surface area contributed by atoms with Crippen molar-refractivity contribution in [2.75, 3.05) is 5.43 Å². The largest absolute Gasteiger partial charge is 0.284 e. The van der Waals surface area contributed by atoms with Gasteiger partial charge in [-0.05, 0) is 6.07 Å². The summed E-state index contributed by atoms with van der Waals surface area (Å²) in [4.78, 5) is 16.9. The summed E-state index contributed by atoms with van der Waals surface area (Å²) >= 11 is 0. The summed E-state index contributed by atoms with van der Waals surface area (Å²) in [6.45, 7) is 0. The van der Waals surface area contributed by atoms with Crippen molar-refractivity contribution in [2.24, 2.45) is 0 Å². The lowest BCUT2D eigenvalue weighted by Crippen LogP contribution is -2.10. The van der Waals surface area contributed by atoms with E-state index in [1.807, 2.05) is 0 Å². The van der Waals surface area contributed by atoms with E-state index in [0.29, 0.717) is 0 Å². The van der Waals surface area contributed by atoms with Crippen LogP contribution in [-0.4, -0.2) is 15.0 Å². The van der Waals surface area contributed by atoms with Crippen molar-refractivity contribution in [3.05, 3.63) is 28.6 Å².